The number of hydrogen-bond donors (Lipinski definition) is 2. The molecule has 0 aliphatic carbocycles. The molecule has 4 heterocycles. The summed E-state index contributed by atoms with van der Waals surface area (Å²) < 4.78 is 0. The SMILES string of the molecule is O=C1NCCc2ccc(C3=CN(c4ncnc5nc[nH]c45)CCS3)cc21. The maximum atomic E-state index is 12.1. The summed E-state index contributed by atoms with van der Waals surface area (Å²) in [5, 5.41) is 2.92. The quantitative estimate of drug-likeness (QED) is 0.725. The molecule has 0 radical (unpaired) electrons. The summed E-state index contributed by atoms with van der Waals surface area (Å²) in [7, 11) is 0. The second kappa shape index (κ2) is 6.14. The maximum Gasteiger partial charge on any atom is 0.251 e. The number of benzene rings is 1. The zero-order chi connectivity index (χ0) is 17.5. The van der Waals surface area contributed by atoms with E-state index in [1.165, 1.54) is 6.33 Å². The standard InChI is InChI=1S/C18H16N6OS/c25-18-13-7-12(2-1-11(13)3-4-19-18)14-8-24(5-6-26-14)17-15-16(21-9-20-15)22-10-23-17/h1-2,7-10H,3-6H2,(H,19,25)(H,20,21,22,23). The molecular formula is C18H16N6OS. The van der Waals surface area contributed by atoms with E-state index in [1.807, 2.05) is 6.07 Å². The fourth-order valence-corrected chi connectivity index (χ4v) is 4.36. The lowest BCUT2D eigenvalue weighted by Crippen LogP contribution is -2.31. The summed E-state index contributed by atoms with van der Waals surface area (Å²) in [6.45, 7) is 1.56. The molecule has 1 amide bonds. The Morgan fingerprint density at radius 3 is 3.12 bits per heavy atom. The first kappa shape index (κ1) is 15.4. The first-order valence-corrected chi connectivity index (χ1v) is 9.45. The summed E-state index contributed by atoms with van der Waals surface area (Å²) in [4.78, 5) is 31.3. The molecule has 26 heavy (non-hydrogen) atoms. The van der Waals surface area contributed by atoms with Crippen molar-refractivity contribution in [1.82, 2.24) is 25.3 Å². The van der Waals surface area contributed by atoms with Crippen LogP contribution in [0.1, 0.15) is 21.5 Å². The molecule has 8 heteroatoms. The van der Waals surface area contributed by atoms with Gasteiger partial charge in [-0.15, -0.1) is 11.8 Å². The van der Waals surface area contributed by atoms with Crippen LogP contribution < -0.4 is 10.2 Å². The van der Waals surface area contributed by atoms with Crippen LogP contribution in [0.25, 0.3) is 16.1 Å². The van der Waals surface area contributed by atoms with Gasteiger partial charge in [-0.1, -0.05) is 12.1 Å². The van der Waals surface area contributed by atoms with Crippen molar-refractivity contribution in [3.05, 3.63) is 53.7 Å². The number of fused-ring (bicyclic) bond motifs is 2. The summed E-state index contributed by atoms with van der Waals surface area (Å²) >= 11 is 1.79. The van der Waals surface area contributed by atoms with Crippen LogP contribution >= 0.6 is 11.8 Å². The molecule has 0 bridgehead atoms. The molecule has 0 unspecified atom stereocenters. The lowest BCUT2D eigenvalue weighted by Gasteiger charge is -2.26. The average molecular weight is 364 g/mol. The monoisotopic (exact) mass is 364 g/mol. The van der Waals surface area contributed by atoms with E-state index in [1.54, 1.807) is 18.1 Å². The maximum absolute atomic E-state index is 12.1. The van der Waals surface area contributed by atoms with Gasteiger partial charge >= 0.3 is 0 Å². The van der Waals surface area contributed by atoms with Crippen molar-refractivity contribution in [3.63, 3.8) is 0 Å². The second-order valence-corrected chi connectivity index (χ2v) is 7.35. The minimum atomic E-state index is 0.0151. The number of imidazole rings is 1. The zero-order valence-corrected chi connectivity index (χ0v) is 14.7. The van der Waals surface area contributed by atoms with Crippen molar-refractivity contribution in [2.45, 2.75) is 6.42 Å². The topological polar surface area (TPSA) is 86.8 Å². The molecule has 2 aromatic heterocycles. The largest absolute Gasteiger partial charge is 0.352 e. The fraction of sp³-hybridized carbons (Fsp3) is 0.222. The number of carbonyl (C=O) groups excluding carboxylic acids is 1. The van der Waals surface area contributed by atoms with Crippen LogP contribution in [0.2, 0.25) is 0 Å². The Labute approximate surface area is 153 Å². The molecule has 0 saturated carbocycles. The average Bonchev–Trinajstić information content (AvgIpc) is 3.17. The van der Waals surface area contributed by atoms with E-state index >= 15 is 0 Å². The molecule has 0 spiro atoms. The van der Waals surface area contributed by atoms with E-state index < -0.39 is 0 Å². The van der Waals surface area contributed by atoms with Crippen molar-refractivity contribution < 1.29 is 4.79 Å². The van der Waals surface area contributed by atoms with Crippen LogP contribution in [-0.4, -0.2) is 44.7 Å². The fourth-order valence-electron chi connectivity index (χ4n) is 3.36. The molecule has 7 nitrogen and oxygen atoms in total. The predicted octanol–water partition coefficient (Wildman–Crippen LogP) is 2.19. The smallest absolute Gasteiger partial charge is 0.251 e. The number of amides is 1. The molecule has 5 rings (SSSR count). The van der Waals surface area contributed by atoms with E-state index in [0.29, 0.717) is 12.2 Å². The highest BCUT2D eigenvalue weighted by Crippen LogP contribution is 2.35. The van der Waals surface area contributed by atoms with Crippen molar-refractivity contribution in [1.29, 1.82) is 0 Å². The molecule has 2 N–H and O–H groups in total. The number of aromatic nitrogens is 4. The lowest BCUT2D eigenvalue weighted by molar-refractivity contribution is 0.0946. The lowest BCUT2D eigenvalue weighted by atomic mass is 9.98. The van der Waals surface area contributed by atoms with E-state index in [-0.39, 0.29) is 5.91 Å². The van der Waals surface area contributed by atoms with Gasteiger partial charge in [-0.25, -0.2) is 15.0 Å². The number of thioether (sulfide) groups is 1. The summed E-state index contributed by atoms with van der Waals surface area (Å²) in [6.07, 6.45) is 6.16. The third-order valence-corrected chi connectivity index (χ3v) is 5.70. The number of nitrogens with zero attached hydrogens (tertiary/aromatic N) is 4. The number of anilines is 1. The van der Waals surface area contributed by atoms with Crippen LogP contribution in [0.3, 0.4) is 0 Å². The molecule has 1 aromatic carbocycles. The van der Waals surface area contributed by atoms with Gasteiger partial charge in [-0.2, -0.15) is 0 Å². The molecule has 0 saturated heterocycles. The molecule has 0 fully saturated rings. The predicted molar refractivity (Wildman–Crippen MR) is 102 cm³/mol. The van der Waals surface area contributed by atoms with Crippen LogP contribution in [0.4, 0.5) is 5.82 Å². The van der Waals surface area contributed by atoms with E-state index in [0.717, 1.165) is 51.6 Å². The molecule has 130 valence electrons. The Kier molecular flexibility index (Phi) is 3.63. The third kappa shape index (κ3) is 2.53. The Bertz CT molecular complexity index is 1040. The minimum Gasteiger partial charge on any atom is -0.352 e. The first-order valence-electron chi connectivity index (χ1n) is 8.46. The van der Waals surface area contributed by atoms with Gasteiger partial charge in [0.15, 0.2) is 11.5 Å². The Morgan fingerprint density at radius 1 is 1.19 bits per heavy atom. The Morgan fingerprint density at radius 2 is 2.15 bits per heavy atom. The highest BCUT2D eigenvalue weighted by atomic mass is 32.2. The number of H-pyrrole nitrogens is 1. The molecule has 0 atom stereocenters. The van der Waals surface area contributed by atoms with Gasteiger partial charge in [0.2, 0.25) is 0 Å². The summed E-state index contributed by atoms with van der Waals surface area (Å²) in [5.41, 5.74) is 4.45. The van der Waals surface area contributed by atoms with Crippen LogP contribution in [0.5, 0.6) is 0 Å². The number of hydrogen-bond acceptors (Lipinski definition) is 6. The first-order chi connectivity index (χ1) is 12.8. The van der Waals surface area contributed by atoms with E-state index in [4.69, 9.17) is 0 Å². The number of rotatable bonds is 2. The van der Waals surface area contributed by atoms with Gasteiger partial charge in [0.05, 0.1) is 6.33 Å². The molecule has 3 aromatic rings. The normalized spacial score (nSPS) is 17.0. The van der Waals surface area contributed by atoms with Gasteiger partial charge in [0.1, 0.15) is 11.8 Å². The van der Waals surface area contributed by atoms with E-state index in [9.17, 15) is 4.79 Å². The van der Waals surface area contributed by atoms with Crippen LogP contribution in [0, 0.1) is 0 Å². The van der Waals surface area contributed by atoms with Gasteiger partial charge < -0.3 is 15.2 Å². The zero-order valence-electron chi connectivity index (χ0n) is 13.9. The number of nitrogens with one attached hydrogen (secondary N) is 2. The minimum absolute atomic E-state index is 0.0151. The second-order valence-electron chi connectivity index (χ2n) is 6.21. The van der Waals surface area contributed by atoms with Gasteiger partial charge in [0.25, 0.3) is 5.91 Å². The van der Waals surface area contributed by atoms with Crippen LogP contribution in [0.15, 0.2) is 37.1 Å². The van der Waals surface area contributed by atoms with Gasteiger partial charge in [0, 0.05) is 35.5 Å². The number of carbonyl (C=O) groups is 1. The Balaban J connectivity index is 1.55. The number of aromatic amines is 1. The molecule has 2 aliphatic heterocycles. The Hall–Kier alpha value is -2.87. The summed E-state index contributed by atoms with van der Waals surface area (Å²) in [5.74, 6) is 1.77. The molecular weight excluding hydrogens is 348 g/mol. The van der Waals surface area contributed by atoms with Crippen molar-refractivity contribution in [2.24, 2.45) is 0 Å². The van der Waals surface area contributed by atoms with Crippen molar-refractivity contribution in [2.75, 3.05) is 23.7 Å². The van der Waals surface area contributed by atoms with E-state index in [2.05, 4.69) is 48.5 Å². The third-order valence-electron chi connectivity index (χ3n) is 4.66. The molecule has 2 aliphatic rings. The summed E-state index contributed by atoms with van der Waals surface area (Å²) in [6, 6.07) is 6.17. The highest BCUT2D eigenvalue weighted by molar-refractivity contribution is 8.08. The van der Waals surface area contributed by atoms with Crippen LogP contribution in [-0.2, 0) is 6.42 Å². The van der Waals surface area contributed by atoms with Crippen molar-refractivity contribution in [3.8, 4) is 0 Å². The van der Waals surface area contributed by atoms with Crippen molar-refractivity contribution >= 4 is 39.6 Å². The highest BCUT2D eigenvalue weighted by Gasteiger charge is 2.21. The van der Waals surface area contributed by atoms with Gasteiger partial charge in [-0.3, -0.25) is 4.79 Å². The van der Waals surface area contributed by atoms with Gasteiger partial charge in [-0.05, 0) is 23.6 Å².